The van der Waals surface area contributed by atoms with Crippen LogP contribution in [0.5, 0.6) is 23.0 Å². The van der Waals surface area contributed by atoms with Crippen molar-refractivity contribution in [2.75, 3.05) is 6.61 Å². The van der Waals surface area contributed by atoms with Gasteiger partial charge in [0.2, 0.25) is 0 Å². The second-order valence-corrected chi connectivity index (χ2v) is 8.10. The van der Waals surface area contributed by atoms with Gasteiger partial charge in [0.05, 0.1) is 18.2 Å². The SMILES string of the molecule is N#Cc1ccc2c(Oc3ccc(OS(=O)(=O)F)cc3OCCn3ccc(=O)[nH]c3=O)cccc2c1. The van der Waals surface area contributed by atoms with Gasteiger partial charge in [-0.1, -0.05) is 16.0 Å². The molecule has 0 unspecified atom stereocenters. The summed E-state index contributed by atoms with van der Waals surface area (Å²) in [7, 11) is -5.28. The number of H-pyrrole nitrogens is 1. The monoisotopic (exact) mass is 497 g/mol. The molecule has 12 heteroatoms. The molecule has 1 N–H and O–H groups in total. The van der Waals surface area contributed by atoms with E-state index >= 15 is 0 Å². The third-order valence-corrected chi connectivity index (χ3v) is 5.18. The first kappa shape index (κ1) is 23.5. The van der Waals surface area contributed by atoms with Gasteiger partial charge >= 0.3 is 16.2 Å². The van der Waals surface area contributed by atoms with E-state index in [-0.39, 0.29) is 30.4 Å². The summed E-state index contributed by atoms with van der Waals surface area (Å²) >= 11 is 0. The highest BCUT2D eigenvalue weighted by Crippen LogP contribution is 2.38. The standard InChI is InChI=1S/C23H16FN3O7S/c24-35(30,31)34-17-5-7-20(21(13-17)32-11-10-27-9-8-22(28)26-23(27)29)33-19-3-1-2-16-12-15(14-25)4-6-18(16)19/h1-9,12-13H,10-11H2,(H,26,28,29). The summed E-state index contributed by atoms with van der Waals surface area (Å²) in [6.45, 7) is -0.0536. The van der Waals surface area contributed by atoms with E-state index in [1.165, 1.54) is 29.0 Å². The second-order valence-electron chi connectivity index (χ2n) is 7.14. The van der Waals surface area contributed by atoms with Gasteiger partial charge < -0.3 is 13.7 Å². The zero-order valence-electron chi connectivity index (χ0n) is 17.8. The number of hydrogen-bond donors (Lipinski definition) is 1. The molecule has 4 rings (SSSR count). The van der Waals surface area contributed by atoms with Crippen molar-refractivity contribution in [3.8, 4) is 29.1 Å². The van der Waals surface area contributed by atoms with Crippen molar-refractivity contribution in [3.05, 3.63) is 93.3 Å². The van der Waals surface area contributed by atoms with Crippen LogP contribution in [0.2, 0.25) is 0 Å². The number of hydrogen-bond acceptors (Lipinski definition) is 8. The van der Waals surface area contributed by atoms with Crippen LogP contribution in [0.15, 0.2) is 76.4 Å². The average molecular weight is 497 g/mol. The van der Waals surface area contributed by atoms with Crippen LogP contribution < -0.4 is 24.9 Å². The molecule has 0 atom stereocenters. The Bertz CT molecular complexity index is 1670. The van der Waals surface area contributed by atoms with Gasteiger partial charge in [0, 0.05) is 23.7 Å². The van der Waals surface area contributed by atoms with E-state index in [1.807, 2.05) is 6.07 Å². The van der Waals surface area contributed by atoms with Gasteiger partial charge in [-0.25, -0.2) is 4.79 Å². The van der Waals surface area contributed by atoms with E-state index in [0.29, 0.717) is 16.7 Å². The van der Waals surface area contributed by atoms with Gasteiger partial charge in [-0.3, -0.25) is 14.3 Å². The summed E-state index contributed by atoms with van der Waals surface area (Å²) in [4.78, 5) is 25.2. The molecule has 3 aromatic carbocycles. The highest BCUT2D eigenvalue weighted by atomic mass is 32.3. The third kappa shape index (κ3) is 5.84. The van der Waals surface area contributed by atoms with Gasteiger partial charge in [0.1, 0.15) is 18.1 Å². The summed E-state index contributed by atoms with van der Waals surface area (Å²) in [6.07, 6.45) is 1.29. The first-order valence-corrected chi connectivity index (χ1v) is 11.3. The fraction of sp³-hybridized carbons (Fsp3) is 0.0870. The topological polar surface area (TPSA) is 140 Å². The summed E-state index contributed by atoms with van der Waals surface area (Å²) in [5.41, 5.74) is -0.701. The molecule has 0 radical (unpaired) electrons. The Kier molecular flexibility index (Phi) is 6.52. The molecule has 1 aromatic heterocycles. The molecule has 1 heterocycles. The number of halogens is 1. The number of nitriles is 1. The lowest BCUT2D eigenvalue weighted by Crippen LogP contribution is -2.30. The highest BCUT2D eigenvalue weighted by Gasteiger charge is 2.15. The fourth-order valence-electron chi connectivity index (χ4n) is 3.26. The van der Waals surface area contributed by atoms with Gasteiger partial charge in [-0.05, 0) is 41.8 Å². The molecule has 0 aliphatic carbocycles. The average Bonchev–Trinajstić information content (AvgIpc) is 2.80. The van der Waals surface area contributed by atoms with Crippen molar-refractivity contribution in [2.24, 2.45) is 0 Å². The molecule has 0 amide bonds. The van der Waals surface area contributed by atoms with Crippen LogP contribution in [0.3, 0.4) is 0 Å². The van der Waals surface area contributed by atoms with Crippen molar-refractivity contribution >= 4 is 21.3 Å². The molecular weight excluding hydrogens is 481 g/mol. The van der Waals surface area contributed by atoms with E-state index in [0.717, 1.165) is 11.5 Å². The zero-order valence-corrected chi connectivity index (χ0v) is 18.6. The molecule has 4 aromatic rings. The number of nitrogens with zero attached hydrogens (tertiary/aromatic N) is 2. The van der Waals surface area contributed by atoms with Crippen LogP contribution in [0.4, 0.5) is 3.89 Å². The predicted molar refractivity (Wildman–Crippen MR) is 123 cm³/mol. The second kappa shape index (κ2) is 9.70. The van der Waals surface area contributed by atoms with Crippen molar-refractivity contribution in [1.29, 1.82) is 5.26 Å². The summed E-state index contributed by atoms with van der Waals surface area (Å²) in [6, 6.07) is 17.2. The first-order chi connectivity index (χ1) is 16.7. The van der Waals surface area contributed by atoms with E-state index in [2.05, 4.69) is 15.2 Å². The maximum Gasteiger partial charge on any atom is 0.488 e. The molecule has 178 valence electrons. The maximum atomic E-state index is 13.0. The minimum atomic E-state index is -5.28. The molecule has 0 aliphatic heterocycles. The Morgan fingerprint density at radius 2 is 1.83 bits per heavy atom. The Morgan fingerprint density at radius 3 is 2.57 bits per heavy atom. The number of ether oxygens (including phenoxy) is 2. The molecule has 0 fully saturated rings. The molecule has 0 bridgehead atoms. The van der Waals surface area contributed by atoms with Crippen LogP contribution in [-0.4, -0.2) is 24.6 Å². The molecule has 0 spiro atoms. The van der Waals surface area contributed by atoms with Crippen molar-refractivity contribution < 1.29 is 26.0 Å². The van der Waals surface area contributed by atoms with Gasteiger partial charge in [-0.15, -0.1) is 0 Å². The Morgan fingerprint density at radius 1 is 1.00 bits per heavy atom. The normalized spacial score (nSPS) is 11.1. The summed E-state index contributed by atoms with van der Waals surface area (Å²) < 4.78 is 52.0. The van der Waals surface area contributed by atoms with Gasteiger partial charge in [0.25, 0.3) is 5.56 Å². The van der Waals surface area contributed by atoms with E-state index in [4.69, 9.17) is 14.7 Å². The molecular formula is C23H16FN3O7S. The summed E-state index contributed by atoms with van der Waals surface area (Å²) in [5.74, 6) is 0.224. The fourth-order valence-corrected chi connectivity index (χ4v) is 3.59. The van der Waals surface area contributed by atoms with Crippen LogP contribution in [0, 0.1) is 11.3 Å². The molecule has 10 nitrogen and oxygen atoms in total. The number of fused-ring (bicyclic) bond motifs is 1. The molecule has 0 aliphatic rings. The van der Waals surface area contributed by atoms with Gasteiger partial charge in [0.15, 0.2) is 11.5 Å². The molecule has 0 saturated carbocycles. The predicted octanol–water partition coefficient (Wildman–Crippen LogP) is 3.03. The highest BCUT2D eigenvalue weighted by molar-refractivity contribution is 7.81. The van der Waals surface area contributed by atoms with Crippen molar-refractivity contribution in [3.63, 3.8) is 0 Å². The number of aromatic amines is 1. The van der Waals surface area contributed by atoms with Crippen LogP contribution in [-0.2, 0) is 17.0 Å². The van der Waals surface area contributed by atoms with Crippen molar-refractivity contribution in [1.82, 2.24) is 9.55 Å². The van der Waals surface area contributed by atoms with Crippen LogP contribution in [0.1, 0.15) is 5.56 Å². The minimum Gasteiger partial charge on any atom is -0.488 e. The molecule has 35 heavy (non-hydrogen) atoms. The molecule has 0 saturated heterocycles. The van der Waals surface area contributed by atoms with Crippen molar-refractivity contribution in [2.45, 2.75) is 6.54 Å². The number of nitrogens with one attached hydrogen (secondary N) is 1. The maximum absolute atomic E-state index is 13.0. The zero-order chi connectivity index (χ0) is 25.0. The third-order valence-electron chi connectivity index (χ3n) is 4.79. The lowest BCUT2D eigenvalue weighted by molar-refractivity contribution is 0.282. The minimum absolute atomic E-state index is 0.00858. The largest absolute Gasteiger partial charge is 0.488 e. The van der Waals surface area contributed by atoms with Gasteiger partial charge in [-0.2, -0.15) is 13.7 Å². The Balaban J connectivity index is 1.64. The van der Waals surface area contributed by atoms with E-state index < -0.39 is 21.8 Å². The van der Waals surface area contributed by atoms with Crippen LogP contribution >= 0.6 is 0 Å². The quantitative estimate of drug-likeness (QED) is 0.366. The lowest BCUT2D eigenvalue weighted by Gasteiger charge is -2.15. The summed E-state index contributed by atoms with van der Waals surface area (Å²) in [5, 5.41) is 10.6. The smallest absolute Gasteiger partial charge is 0.488 e. The van der Waals surface area contributed by atoms with Crippen LogP contribution in [0.25, 0.3) is 10.8 Å². The number of benzene rings is 3. The lowest BCUT2D eigenvalue weighted by atomic mass is 10.1. The number of aromatic nitrogens is 2. The first-order valence-electron chi connectivity index (χ1n) is 10.0. The van der Waals surface area contributed by atoms with E-state index in [1.54, 1.807) is 30.3 Å². The Labute approximate surface area is 197 Å². The van der Waals surface area contributed by atoms with E-state index in [9.17, 15) is 21.9 Å². The number of rotatable bonds is 8. The Hall–Kier alpha value is -4.63.